The first-order valence-corrected chi connectivity index (χ1v) is 12.7. The number of unbranched alkanes of at least 4 members (excludes halogenated alkanes) is 3. The summed E-state index contributed by atoms with van der Waals surface area (Å²) in [5, 5.41) is 11.8. The topological polar surface area (TPSA) is 52.7 Å². The van der Waals surface area contributed by atoms with E-state index in [2.05, 4.69) is 77.4 Å². The van der Waals surface area contributed by atoms with Gasteiger partial charge >= 0.3 is 0 Å². The third-order valence-corrected chi connectivity index (χ3v) is 6.76. The Morgan fingerprint density at radius 1 is 0.771 bits per heavy atom. The Bertz CT molecular complexity index is 1070. The summed E-state index contributed by atoms with van der Waals surface area (Å²) in [6, 6.07) is 31.3. The lowest BCUT2D eigenvalue weighted by Gasteiger charge is -2.52. The van der Waals surface area contributed by atoms with Gasteiger partial charge < -0.3 is 15.7 Å². The SMILES string of the molecule is CCCCCCC1(N(Cc2ccccc2)Cc2ccccc2)C(O)=CC(N)=CN1c1ccccc1. The van der Waals surface area contributed by atoms with E-state index < -0.39 is 5.66 Å². The van der Waals surface area contributed by atoms with E-state index in [0.717, 1.165) is 24.9 Å². The minimum Gasteiger partial charge on any atom is -0.508 e. The van der Waals surface area contributed by atoms with Crippen molar-refractivity contribution in [3.8, 4) is 0 Å². The minimum atomic E-state index is -0.760. The minimum absolute atomic E-state index is 0.296. The van der Waals surface area contributed by atoms with Crippen LogP contribution in [0.25, 0.3) is 0 Å². The molecule has 1 aliphatic heterocycles. The number of hydrogen-bond acceptors (Lipinski definition) is 4. The van der Waals surface area contributed by atoms with Crippen molar-refractivity contribution in [1.82, 2.24) is 4.90 Å². The number of hydrogen-bond donors (Lipinski definition) is 2. The Labute approximate surface area is 210 Å². The molecule has 1 aliphatic rings. The molecule has 0 spiro atoms. The second-order valence-electron chi connectivity index (χ2n) is 9.32. The van der Waals surface area contributed by atoms with E-state index in [1.165, 1.54) is 24.0 Å². The summed E-state index contributed by atoms with van der Waals surface area (Å²) in [4.78, 5) is 4.60. The molecule has 35 heavy (non-hydrogen) atoms. The summed E-state index contributed by atoms with van der Waals surface area (Å²) < 4.78 is 0. The Kier molecular flexibility index (Phi) is 8.27. The van der Waals surface area contributed by atoms with E-state index >= 15 is 0 Å². The van der Waals surface area contributed by atoms with Crippen molar-refractivity contribution in [2.24, 2.45) is 5.73 Å². The largest absolute Gasteiger partial charge is 0.508 e. The van der Waals surface area contributed by atoms with Gasteiger partial charge in [0.1, 0.15) is 5.76 Å². The van der Waals surface area contributed by atoms with E-state index in [-0.39, 0.29) is 0 Å². The number of aliphatic hydroxyl groups excluding tert-OH is 1. The highest BCUT2D eigenvalue weighted by atomic mass is 16.3. The number of benzene rings is 3. The van der Waals surface area contributed by atoms with Crippen molar-refractivity contribution in [1.29, 1.82) is 0 Å². The number of anilines is 1. The third kappa shape index (κ3) is 5.77. The van der Waals surface area contributed by atoms with Crippen LogP contribution in [-0.2, 0) is 13.1 Å². The quantitative estimate of drug-likeness (QED) is 0.295. The highest BCUT2D eigenvalue weighted by molar-refractivity contribution is 5.58. The van der Waals surface area contributed by atoms with Crippen LogP contribution in [0.15, 0.2) is 115 Å². The van der Waals surface area contributed by atoms with Gasteiger partial charge in [0.25, 0.3) is 0 Å². The van der Waals surface area contributed by atoms with Gasteiger partial charge in [-0.15, -0.1) is 0 Å². The summed E-state index contributed by atoms with van der Waals surface area (Å²) in [6.07, 6.45) is 8.98. The molecule has 0 saturated carbocycles. The van der Waals surface area contributed by atoms with E-state index in [1.54, 1.807) is 6.08 Å². The molecule has 1 heterocycles. The number of allylic oxidation sites excluding steroid dienone is 1. The standard InChI is InChI=1S/C31H37N3O/c1-2-3-4-14-21-31(30(35)22-28(32)25-34(31)29-19-12-7-13-20-29)33(23-26-15-8-5-9-16-26)24-27-17-10-6-11-18-27/h5-13,15-20,22,25,35H,2-4,14,21,23-24,32H2,1H3. The van der Waals surface area contributed by atoms with Crippen LogP contribution in [0.1, 0.15) is 50.2 Å². The third-order valence-electron chi connectivity index (χ3n) is 6.76. The number of nitrogens with two attached hydrogens (primary N) is 1. The second-order valence-corrected chi connectivity index (χ2v) is 9.32. The first kappa shape index (κ1) is 24.6. The maximum Gasteiger partial charge on any atom is 0.156 e. The second kappa shape index (κ2) is 11.8. The lowest BCUT2D eigenvalue weighted by molar-refractivity contribution is 0.0539. The van der Waals surface area contributed by atoms with Crippen molar-refractivity contribution >= 4 is 5.69 Å². The highest BCUT2D eigenvalue weighted by Gasteiger charge is 2.47. The smallest absolute Gasteiger partial charge is 0.156 e. The zero-order valence-electron chi connectivity index (χ0n) is 20.7. The molecule has 0 aliphatic carbocycles. The molecule has 0 bridgehead atoms. The summed E-state index contributed by atoms with van der Waals surface area (Å²) >= 11 is 0. The van der Waals surface area contributed by atoms with Crippen molar-refractivity contribution in [3.05, 3.63) is 126 Å². The van der Waals surface area contributed by atoms with Crippen LogP contribution in [0.2, 0.25) is 0 Å². The van der Waals surface area contributed by atoms with Crippen molar-refractivity contribution in [3.63, 3.8) is 0 Å². The van der Waals surface area contributed by atoms with Gasteiger partial charge in [-0.25, -0.2) is 0 Å². The van der Waals surface area contributed by atoms with E-state index in [1.807, 2.05) is 36.5 Å². The highest BCUT2D eigenvalue weighted by Crippen LogP contribution is 2.41. The summed E-state index contributed by atoms with van der Waals surface area (Å²) in [7, 11) is 0. The molecule has 3 aromatic rings. The molecule has 0 fully saturated rings. The van der Waals surface area contributed by atoms with Gasteiger partial charge in [-0.05, 0) is 36.1 Å². The molecule has 4 heteroatoms. The zero-order valence-corrected chi connectivity index (χ0v) is 20.7. The maximum atomic E-state index is 11.8. The number of rotatable bonds is 11. The molecule has 1 atom stereocenters. The molecule has 0 amide bonds. The molecule has 3 N–H and O–H groups in total. The Morgan fingerprint density at radius 2 is 1.31 bits per heavy atom. The van der Waals surface area contributed by atoms with E-state index in [9.17, 15) is 5.11 Å². The number of aliphatic hydroxyl groups is 1. The van der Waals surface area contributed by atoms with Gasteiger partial charge in [-0.1, -0.05) is 105 Å². The van der Waals surface area contributed by atoms with Gasteiger partial charge in [0.05, 0.1) is 5.70 Å². The fourth-order valence-corrected chi connectivity index (χ4v) is 5.01. The van der Waals surface area contributed by atoms with Gasteiger partial charge in [0.15, 0.2) is 5.66 Å². The van der Waals surface area contributed by atoms with Gasteiger partial charge in [-0.2, -0.15) is 0 Å². The van der Waals surface area contributed by atoms with Crippen LogP contribution in [0.3, 0.4) is 0 Å². The first-order valence-electron chi connectivity index (χ1n) is 12.7. The molecule has 4 rings (SSSR count). The van der Waals surface area contributed by atoms with E-state index in [4.69, 9.17) is 5.73 Å². The van der Waals surface area contributed by atoms with Crippen LogP contribution in [0.4, 0.5) is 5.69 Å². The van der Waals surface area contributed by atoms with Gasteiger partial charge in [0.2, 0.25) is 0 Å². The predicted molar refractivity (Wildman–Crippen MR) is 146 cm³/mol. The van der Waals surface area contributed by atoms with Crippen molar-refractivity contribution in [2.45, 2.75) is 57.8 Å². The zero-order chi connectivity index (χ0) is 24.5. The Balaban J connectivity index is 1.84. The molecule has 0 saturated heterocycles. The molecule has 1 unspecified atom stereocenters. The number of nitrogens with zero attached hydrogens (tertiary/aromatic N) is 2. The Morgan fingerprint density at radius 3 is 1.86 bits per heavy atom. The number of para-hydroxylation sites is 1. The maximum absolute atomic E-state index is 11.8. The van der Waals surface area contributed by atoms with E-state index in [0.29, 0.717) is 24.5 Å². The summed E-state index contributed by atoms with van der Waals surface area (Å²) in [5.74, 6) is 0.296. The molecule has 3 aromatic carbocycles. The molecule has 0 radical (unpaired) electrons. The van der Waals surface area contributed by atoms with Crippen LogP contribution >= 0.6 is 0 Å². The lowest BCUT2D eigenvalue weighted by atomic mass is 9.90. The van der Waals surface area contributed by atoms with Crippen molar-refractivity contribution in [2.75, 3.05) is 4.90 Å². The monoisotopic (exact) mass is 467 g/mol. The average Bonchev–Trinajstić information content (AvgIpc) is 2.89. The van der Waals surface area contributed by atoms with Gasteiger partial charge in [-0.3, -0.25) is 4.90 Å². The predicted octanol–water partition coefficient (Wildman–Crippen LogP) is 7.12. The van der Waals surface area contributed by atoms with Gasteiger partial charge in [0, 0.05) is 31.1 Å². The molecule has 4 nitrogen and oxygen atoms in total. The molecule has 0 aromatic heterocycles. The fraction of sp³-hybridized carbons (Fsp3) is 0.290. The van der Waals surface area contributed by atoms with Crippen LogP contribution in [-0.4, -0.2) is 15.7 Å². The van der Waals surface area contributed by atoms with Crippen molar-refractivity contribution < 1.29 is 5.11 Å². The normalized spacial score (nSPS) is 17.8. The molecular weight excluding hydrogens is 430 g/mol. The average molecular weight is 468 g/mol. The van der Waals surface area contributed by atoms with Crippen LogP contribution < -0.4 is 10.6 Å². The summed E-state index contributed by atoms with van der Waals surface area (Å²) in [5.41, 5.74) is 9.54. The first-order chi connectivity index (χ1) is 17.1. The fourth-order valence-electron chi connectivity index (χ4n) is 5.01. The molecule has 182 valence electrons. The lowest BCUT2D eigenvalue weighted by Crippen LogP contribution is -2.61. The summed E-state index contributed by atoms with van der Waals surface area (Å²) in [6.45, 7) is 3.61. The molecular formula is C31H37N3O. The van der Waals surface area contributed by atoms with Crippen LogP contribution in [0.5, 0.6) is 0 Å². The van der Waals surface area contributed by atoms with Crippen LogP contribution in [0, 0.1) is 0 Å². The Hall–Kier alpha value is -3.50.